The summed E-state index contributed by atoms with van der Waals surface area (Å²) >= 11 is 0. The lowest BCUT2D eigenvalue weighted by Crippen LogP contribution is -2.62. The molecule has 0 amide bonds. The molecule has 1 saturated heterocycles. The first-order chi connectivity index (χ1) is 6.54. The smallest absolute Gasteiger partial charge is 0.105 e. The Balaban J connectivity index is 2.57. The zero-order valence-corrected chi connectivity index (χ0v) is 9.24. The maximum atomic E-state index is 9.47. The average Bonchev–Trinajstić information content (AvgIpc) is 2.01. The lowest BCUT2D eigenvalue weighted by molar-refractivity contribution is -0.934. The van der Waals surface area contributed by atoms with Crippen LogP contribution in [0.25, 0.3) is 0 Å². The molecule has 0 aromatic rings. The van der Waals surface area contributed by atoms with Crippen molar-refractivity contribution in [1.29, 1.82) is 0 Å². The average molecular weight is 203 g/mol. The van der Waals surface area contributed by atoms with Gasteiger partial charge in [0.1, 0.15) is 25.3 Å². The molecule has 0 saturated carbocycles. The number of aliphatic hydroxyl groups is 2. The standard InChI is InChI=1S/C10H23N2O2/c1-9(13)7-12(8-10(2)14)5-3-11-4-6-12/h9-11,13-14H,3-8H2,1-2H3/q+1. The van der Waals surface area contributed by atoms with Gasteiger partial charge >= 0.3 is 0 Å². The van der Waals surface area contributed by atoms with Gasteiger partial charge in [-0.1, -0.05) is 0 Å². The summed E-state index contributed by atoms with van der Waals surface area (Å²) in [7, 11) is 0. The van der Waals surface area contributed by atoms with Crippen molar-refractivity contribution in [1.82, 2.24) is 5.32 Å². The maximum absolute atomic E-state index is 9.47. The first-order valence-electron chi connectivity index (χ1n) is 5.46. The van der Waals surface area contributed by atoms with Crippen LogP contribution in [0.5, 0.6) is 0 Å². The molecule has 0 spiro atoms. The second kappa shape index (κ2) is 5.07. The van der Waals surface area contributed by atoms with Crippen molar-refractivity contribution >= 4 is 0 Å². The number of nitrogens with zero attached hydrogens (tertiary/aromatic N) is 1. The second-order valence-corrected chi connectivity index (χ2v) is 4.60. The number of nitrogens with one attached hydrogen (secondary N) is 1. The molecule has 0 aromatic heterocycles. The fourth-order valence-corrected chi connectivity index (χ4v) is 2.43. The third kappa shape index (κ3) is 3.53. The summed E-state index contributed by atoms with van der Waals surface area (Å²) in [6, 6.07) is 0. The van der Waals surface area contributed by atoms with E-state index in [4.69, 9.17) is 0 Å². The van der Waals surface area contributed by atoms with E-state index < -0.39 is 0 Å². The van der Waals surface area contributed by atoms with E-state index in [9.17, 15) is 10.2 Å². The predicted octanol–water partition coefficient (Wildman–Crippen LogP) is -0.832. The van der Waals surface area contributed by atoms with E-state index in [1.54, 1.807) is 0 Å². The molecule has 1 aliphatic rings. The molecule has 0 aromatic carbocycles. The number of quaternary nitrogens is 1. The third-order valence-electron chi connectivity index (χ3n) is 2.83. The van der Waals surface area contributed by atoms with E-state index in [0.717, 1.165) is 43.8 Å². The Morgan fingerprint density at radius 3 is 1.86 bits per heavy atom. The lowest BCUT2D eigenvalue weighted by atomic mass is 10.2. The topological polar surface area (TPSA) is 52.5 Å². The van der Waals surface area contributed by atoms with Gasteiger partial charge in [-0.25, -0.2) is 0 Å². The van der Waals surface area contributed by atoms with Gasteiger partial charge in [-0.2, -0.15) is 0 Å². The van der Waals surface area contributed by atoms with Crippen LogP contribution >= 0.6 is 0 Å². The summed E-state index contributed by atoms with van der Waals surface area (Å²) in [5, 5.41) is 22.2. The third-order valence-corrected chi connectivity index (χ3v) is 2.83. The van der Waals surface area contributed by atoms with Gasteiger partial charge in [0, 0.05) is 13.1 Å². The van der Waals surface area contributed by atoms with Crippen molar-refractivity contribution < 1.29 is 14.7 Å². The van der Waals surface area contributed by atoms with Crippen LogP contribution in [0.4, 0.5) is 0 Å². The van der Waals surface area contributed by atoms with E-state index in [0.29, 0.717) is 0 Å². The molecule has 0 aliphatic carbocycles. The number of hydrogen-bond donors (Lipinski definition) is 3. The molecule has 2 atom stereocenters. The molecule has 2 unspecified atom stereocenters. The zero-order valence-electron chi connectivity index (χ0n) is 9.24. The van der Waals surface area contributed by atoms with Crippen molar-refractivity contribution in [2.24, 2.45) is 0 Å². The van der Waals surface area contributed by atoms with Gasteiger partial charge in [0.05, 0.1) is 13.1 Å². The van der Waals surface area contributed by atoms with Crippen LogP contribution in [0.2, 0.25) is 0 Å². The van der Waals surface area contributed by atoms with Crippen LogP contribution in [0, 0.1) is 0 Å². The summed E-state index contributed by atoms with van der Waals surface area (Å²) in [5.74, 6) is 0. The van der Waals surface area contributed by atoms with Crippen LogP contribution in [-0.2, 0) is 0 Å². The molecule has 4 heteroatoms. The Morgan fingerprint density at radius 2 is 1.50 bits per heavy atom. The molecule has 1 heterocycles. The van der Waals surface area contributed by atoms with Crippen molar-refractivity contribution in [2.45, 2.75) is 26.1 Å². The van der Waals surface area contributed by atoms with E-state index in [1.165, 1.54) is 0 Å². The molecule has 4 nitrogen and oxygen atoms in total. The Kier molecular flexibility index (Phi) is 4.31. The van der Waals surface area contributed by atoms with E-state index in [-0.39, 0.29) is 12.2 Å². The van der Waals surface area contributed by atoms with Crippen molar-refractivity contribution in [3.05, 3.63) is 0 Å². The summed E-state index contributed by atoms with van der Waals surface area (Å²) in [4.78, 5) is 0. The number of aliphatic hydroxyl groups excluding tert-OH is 2. The van der Waals surface area contributed by atoms with Gasteiger partial charge in [-0.05, 0) is 13.8 Å². The highest BCUT2D eigenvalue weighted by molar-refractivity contribution is 4.61. The zero-order chi connectivity index (χ0) is 10.6. The Bertz CT molecular complexity index is 154. The van der Waals surface area contributed by atoms with Crippen LogP contribution in [0.15, 0.2) is 0 Å². The second-order valence-electron chi connectivity index (χ2n) is 4.60. The maximum Gasteiger partial charge on any atom is 0.105 e. The van der Waals surface area contributed by atoms with Crippen molar-refractivity contribution in [3.63, 3.8) is 0 Å². The Hall–Kier alpha value is -0.160. The molecule has 1 aliphatic heterocycles. The Morgan fingerprint density at radius 1 is 1.07 bits per heavy atom. The van der Waals surface area contributed by atoms with Crippen LogP contribution in [-0.4, -0.2) is 66.2 Å². The van der Waals surface area contributed by atoms with E-state index >= 15 is 0 Å². The first kappa shape index (κ1) is 11.9. The fraction of sp³-hybridized carbons (Fsp3) is 1.00. The number of rotatable bonds is 4. The highest BCUT2D eigenvalue weighted by atomic mass is 16.3. The van der Waals surface area contributed by atoms with Gasteiger partial charge in [0.25, 0.3) is 0 Å². The van der Waals surface area contributed by atoms with Gasteiger partial charge in [-0.3, -0.25) is 0 Å². The van der Waals surface area contributed by atoms with Gasteiger partial charge in [0.15, 0.2) is 0 Å². The van der Waals surface area contributed by atoms with Gasteiger partial charge in [0.2, 0.25) is 0 Å². The molecular weight excluding hydrogens is 180 g/mol. The molecule has 3 N–H and O–H groups in total. The molecule has 1 fully saturated rings. The molecule has 0 bridgehead atoms. The minimum atomic E-state index is -0.285. The highest BCUT2D eigenvalue weighted by Crippen LogP contribution is 2.11. The van der Waals surface area contributed by atoms with Crippen molar-refractivity contribution in [3.8, 4) is 0 Å². The van der Waals surface area contributed by atoms with Gasteiger partial charge < -0.3 is 20.0 Å². The monoisotopic (exact) mass is 203 g/mol. The van der Waals surface area contributed by atoms with E-state index in [2.05, 4.69) is 5.32 Å². The SMILES string of the molecule is CC(O)C[N+]1(CC(C)O)CCNCC1. The number of piperazine rings is 1. The fourth-order valence-electron chi connectivity index (χ4n) is 2.43. The summed E-state index contributed by atoms with van der Waals surface area (Å²) < 4.78 is 0.850. The molecule has 1 rings (SSSR count). The van der Waals surface area contributed by atoms with Gasteiger partial charge in [-0.15, -0.1) is 0 Å². The minimum absolute atomic E-state index is 0.285. The predicted molar refractivity (Wildman–Crippen MR) is 56.0 cm³/mol. The first-order valence-corrected chi connectivity index (χ1v) is 5.46. The summed E-state index contributed by atoms with van der Waals surface area (Å²) in [6.45, 7) is 9.15. The summed E-state index contributed by atoms with van der Waals surface area (Å²) in [5.41, 5.74) is 0. The van der Waals surface area contributed by atoms with E-state index in [1.807, 2.05) is 13.8 Å². The van der Waals surface area contributed by atoms with Crippen molar-refractivity contribution in [2.75, 3.05) is 39.3 Å². The molecule has 0 radical (unpaired) electrons. The molecular formula is C10H23N2O2+. The van der Waals surface area contributed by atoms with Crippen LogP contribution in [0.1, 0.15) is 13.8 Å². The quantitative estimate of drug-likeness (QED) is 0.523. The molecule has 14 heavy (non-hydrogen) atoms. The Labute approximate surface area is 86.1 Å². The molecule has 84 valence electrons. The van der Waals surface area contributed by atoms with Crippen LogP contribution < -0.4 is 5.32 Å². The largest absolute Gasteiger partial charge is 0.388 e. The number of hydrogen-bond acceptors (Lipinski definition) is 3. The normalized spacial score (nSPS) is 25.7. The lowest BCUT2D eigenvalue weighted by Gasteiger charge is -2.43. The minimum Gasteiger partial charge on any atom is -0.388 e. The highest BCUT2D eigenvalue weighted by Gasteiger charge is 2.32. The summed E-state index contributed by atoms with van der Waals surface area (Å²) in [6.07, 6.45) is -0.571. The van der Waals surface area contributed by atoms with Crippen LogP contribution in [0.3, 0.4) is 0 Å².